The van der Waals surface area contributed by atoms with Crippen molar-refractivity contribution in [3.05, 3.63) is 0 Å². The lowest BCUT2D eigenvalue weighted by Gasteiger charge is -2.35. The Bertz CT molecular complexity index is 431. The van der Waals surface area contributed by atoms with E-state index in [0.717, 1.165) is 44.6 Å². The minimum atomic E-state index is -0.472. The van der Waals surface area contributed by atoms with Crippen LogP contribution in [0.3, 0.4) is 0 Å². The first-order valence-corrected chi connectivity index (χ1v) is 9.01. The van der Waals surface area contributed by atoms with E-state index in [0.29, 0.717) is 31.8 Å². The van der Waals surface area contributed by atoms with Crippen LogP contribution in [0.25, 0.3) is 0 Å². The molecule has 1 aliphatic carbocycles. The molecule has 2 rings (SSSR count). The van der Waals surface area contributed by atoms with E-state index < -0.39 is 6.09 Å². The summed E-state index contributed by atoms with van der Waals surface area (Å²) in [6.07, 6.45) is 4.08. The van der Waals surface area contributed by atoms with Gasteiger partial charge in [0.25, 0.3) is 0 Å². The van der Waals surface area contributed by atoms with Gasteiger partial charge in [0.2, 0.25) is 0 Å². The van der Waals surface area contributed by atoms with E-state index in [4.69, 9.17) is 14.2 Å². The number of carbonyl (C=O) groups excluding carboxylic acids is 1. The maximum Gasteiger partial charge on any atom is 0.435 e. The molecule has 6 nitrogen and oxygen atoms in total. The summed E-state index contributed by atoms with van der Waals surface area (Å²) >= 11 is 0. The van der Waals surface area contributed by atoms with Crippen molar-refractivity contribution in [1.29, 1.82) is 0 Å². The van der Waals surface area contributed by atoms with Crippen LogP contribution in [-0.4, -0.2) is 63.0 Å². The number of morpholine rings is 1. The van der Waals surface area contributed by atoms with Gasteiger partial charge < -0.3 is 19.1 Å². The Morgan fingerprint density at radius 1 is 1.17 bits per heavy atom. The highest BCUT2D eigenvalue weighted by molar-refractivity contribution is 5.95. The van der Waals surface area contributed by atoms with Crippen molar-refractivity contribution in [2.24, 2.45) is 16.3 Å². The van der Waals surface area contributed by atoms with E-state index in [9.17, 15) is 4.79 Å². The van der Waals surface area contributed by atoms with Gasteiger partial charge in [-0.2, -0.15) is 4.99 Å². The van der Waals surface area contributed by atoms with E-state index in [2.05, 4.69) is 30.7 Å². The topological polar surface area (TPSA) is 60.4 Å². The first-order chi connectivity index (χ1) is 11.4. The van der Waals surface area contributed by atoms with Crippen molar-refractivity contribution in [2.45, 2.75) is 52.6 Å². The molecule has 0 atom stereocenters. The summed E-state index contributed by atoms with van der Waals surface area (Å²) in [5, 5.41) is 0. The van der Waals surface area contributed by atoms with Gasteiger partial charge in [0.1, 0.15) is 5.84 Å². The smallest absolute Gasteiger partial charge is 0.435 e. The van der Waals surface area contributed by atoms with E-state index >= 15 is 0 Å². The first kappa shape index (κ1) is 19.2. The molecule has 0 aromatic heterocycles. The van der Waals surface area contributed by atoms with Crippen molar-refractivity contribution in [3.8, 4) is 0 Å². The number of hydrogen-bond acceptors (Lipinski definition) is 4. The molecule has 138 valence electrons. The van der Waals surface area contributed by atoms with Crippen molar-refractivity contribution < 1.29 is 19.0 Å². The lowest BCUT2D eigenvalue weighted by Crippen LogP contribution is -2.46. The number of amides is 1. The van der Waals surface area contributed by atoms with Crippen molar-refractivity contribution in [2.75, 3.05) is 40.0 Å². The quantitative estimate of drug-likeness (QED) is 0.583. The molecule has 0 unspecified atom stereocenters. The molecule has 1 aliphatic heterocycles. The predicted octanol–water partition coefficient (Wildman–Crippen LogP) is 3.11. The van der Waals surface area contributed by atoms with Crippen LogP contribution >= 0.6 is 0 Å². The Labute approximate surface area is 145 Å². The maximum atomic E-state index is 12.2. The van der Waals surface area contributed by atoms with E-state index in [1.807, 2.05) is 0 Å². The molecule has 1 saturated carbocycles. The van der Waals surface area contributed by atoms with Crippen molar-refractivity contribution in [3.63, 3.8) is 0 Å². The summed E-state index contributed by atoms with van der Waals surface area (Å²) in [4.78, 5) is 18.6. The molecule has 0 aromatic carbocycles. The normalized spacial score (nSPS) is 26.3. The molecule has 0 N–H and O–H groups in total. The summed E-state index contributed by atoms with van der Waals surface area (Å²) < 4.78 is 16.2. The number of ether oxygens (including phenoxy) is 3. The molecule has 0 radical (unpaired) electrons. The van der Waals surface area contributed by atoms with Gasteiger partial charge in [0.05, 0.1) is 25.9 Å². The van der Waals surface area contributed by atoms with Gasteiger partial charge in [-0.3, -0.25) is 0 Å². The van der Waals surface area contributed by atoms with Gasteiger partial charge in [0.15, 0.2) is 0 Å². The third kappa shape index (κ3) is 5.74. The summed E-state index contributed by atoms with van der Waals surface area (Å²) in [5.74, 6) is 1.22. The minimum Gasteiger partial charge on any atom is -0.448 e. The molecule has 1 amide bonds. The highest BCUT2D eigenvalue weighted by Crippen LogP contribution is 2.26. The number of rotatable bonds is 3. The molecule has 1 heterocycles. The number of amidine groups is 1. The van der Waals surface area contributed by atoms with Gasteiger partial charge in [-0.15, -0.1) is 0 Å². The van der Waals surface area contributed by atoms with Crippen LogP contribution in [0.15, 0.2) is 4.99 Å². The Morgan fingerprint density at radius 2 is 1.79 bits per heavy atom. The van der Waals surface area contributed by atoms with E-state index in [-0.39, 0.29) is 5.41 Å². The first-order valence-electron chi connectivity index (χ1n) is 9.01. The third-order valence-corrected chi connectivity index (χ3v) is 4.75. The number of nitrogens with zero attached hydrogens (tertiary/aromatic N) is 2. The number of hydrogen-bond donors (Lipinski definition) is 0. The average Bonchev–Trinajstić information content (AvgIpc) is 2.58. The maximum absolute atomic E-state index is 12.2. The van der Waals surface area contributed by atoms with Crippen LogP contribution in [0.5, 0.6) is 0 Å². The zero-order valence-corrected chi connectivity index (χ0v) is 15.5. The second kappa shape index (κ2) is 8.81. The second-order valence-corrected chi connectivity index (χ2v) is 7.74. The van der Waals surface area contributed by atoms with E-state index in [1.54, 1.807) is 7.11 Å². The molecular formula is C18H32N2O4. The van der Waals surface area contributed by atoms with Gasteiger partial charge in [0, 0.05) is 25.6 Å². The molecule has 0 aromatic rings. The molecule has 24 heavy (non-hydrogen) atoms. The summed E-state index contributed by atoms with van der Waals surface area (Å²) in [5.41, 5.74) is -0.202. The number of carbonyl (C=O) groups is 1. The third-order valence-electron chi connectivity index (χ3n) is 4.75. The molecular weight excluding hydrogens is 308 g/mol. The van der Waals surface area contributed by atoms with Crippen LogP contribution < -0.4 is 0 Å². The van der Waals surface area contributed by atoms with Crippen LogP contribution in [0.1, 0.15) is 46.5 Å². The van der Waals surface area contributed by atoms with Crippen LogP contribution in [-0.2, 0) is 14.2 Å². The number of methoxy groups -OCH3 is 1. The standard InChI is InChI=1S/C18H32N2O4/c1-18(2,3)16(20-9-11-23-12-10-20)19-17(21)24-13-14-5-7-15(22-4)8-6-14/h14-15H,5-13H2,1-4H3/b19-16-. The minimum absolute atomic E-state index is 0.202. The Morgan fingerprint density at radius 3 is 2.33 bits per heavy atom. The van der Waals surface area contributed by atoms with Crippen molar-refractivity contribution in [1.82, 2.24) is 4.90 Å². The summed E-state index contributed by atoms with van der Waals surface area (Å²) in [7, 11) is 1.76. The fraction of sp³-hybridized carbons (Fsp3) is 0.889. The zero-order chi connectivity index (χ0) is 17.6. The predicted molar refractivity (Wildman–Crippen MR) is 93.4 cm³/mol. The Hall–Kier alpha value is -1.14. The van der Waals surface area contributed by atoms with Crippen LogP contribution in [0, 0.1) is 11.3 Å². The Balaban J connectivity index is 1.88. The van der Waals surface area contributed by atoms with Gasteiger partial charge >= 0.3 is 6.09 Å². The molecule has 0 spiro atoms. The SMILES string of the molecule is COC1CCC(COC(=O)/N=C(\N2CCOCC2)C(C)(C)C)CC1. The zero-order valence-electron chi connectivity index (χ0n) is 15.5. The van der Waals surface area contributed by atoms with Crippen LogP contribution in [0.4, 0.5) is 4.79 Å². The number of aliphatic imine (C=N–C) groups is 1. The lowest BCUT2D eigenvalue weighted by molar-refractivity contribution is 0.0420. The van der Waals surface area contributed by atoms with Gasteiger partial charge in [-0.1, -0.05) is 20.8 Å². The molecule has 1 saturated heterocycles. The van der Waals surface area contributed by atoms with Gasteiger partial charge in [-0.05, 0) is 31.6 Å². The highest BCUT2D eigenvalue weighted by Gasteiger charge is 2.28. The van der Waals surface area contributed by atoms with E-state index in [1.165, 1.54) is 0 Å². The van der Waals surface area contributed by atoms with Crippen LogP contribution in [0.2, 0.25) is 0 Å². The fourth-order valence-corrected chi connectivity index (χ4v) is 3.33. The average molecular weight is 340 g/mol. The van der Waals surface area contributed by atoms with Crippen molar-refractivity contribution >= 4 is 11.9 Å². The molecule has 2 aliphatic rings. The second-order valence-electron chi connectivity index (χ2n) is 7.74. The molecule has 2 fully saturated rings. The summed E-state index contributed by atoms with van der Waals surface area (Å²) in [6, 6.07) is 0. The summed E-state index contributed by atoms with van der Waals surface area (Å²) in [6.45, 7) is 9.55. The monoisotopic (exact) mass is 340 g/mol. The Kier molecular flexibility index (Phi) is 7.04. The highest BCUT2D eigenvalue weighted by atomic mass is 16.5. The molecule has 0 bridgehead atoms. The molecule has 6 heteroatoms. The largest absolute Gasteiger partial charge is 0.448 e. The van der Waals surface area contributed by atoms with Gasteiger partial charge in [-0.25, -0.2) is 4.79 Å². The lowest BCUT2D eigenvalue weighted by atomic mass is 9.88. The fourth-order valence-electron chi connectivity index (χ4n) is 3.33.